The van der Waals surface area contributed by atoms with E-state index in [1.807, 2.05) is 24.3 Å². The zero-order valence-electron chi connectivity index (χ0n) is 31.7. The summed E-state index contributed by atoms with van der Waals surface area (Å²) in [7, 11) is 0. The maximum Gasteiger partial charge on any atom is 0.123 e. The Morgan fingerprint density at radius 2 is 0.800 bits per heavy atom. The average Bonchev–Trinajstić information content (AvgIpc) is 4.03. The van der Waals surface area contributed by atoms with E-state index < -0.39 is 10.8 Å². The summed E-state index contributed by atoms with van der Waals surface area (Å²) in [6.45, 7) is 16.3. The van der Waals surface area contributed by atoms with Gasteiger partial charge in [-0.2, -0.15) is 0 Å². The fraction of sp³-hybridized carbons (Fsp3) is 0.404. The number of rotatable bonds is 23. The second-order valence-electron chi connectivity index (χ2n) is 14.9. The van der Waals surface area contributed by atoms with E-state index in [1.165, 1.54) is 0 Å². The molecule has 4 aliphatic rings. The number of hydrogen-bond acceptors (Lipinski definition) is 8. The summed E-state index contributed by atoms with van der Waals surface area (Å²) in [6.07, 6.45) is 7.18. The summed E-state index contributed by atoms with van der Waals surface area (Å²) in [4.78, 5) is 0. The number of hydrogen-bond donors (Lipinski definition) is 0. The van der Waals surface area contributed by atoms with Gasteiger partial charge in [0.05, 0.1) is 26.4 Å². The lowest BCUT2D eigenvalue weighted by Crippen LogP contribution is -2.48. The van der Waals surface area contributed by atoms with Crippen LogP contribution in [0.3, 0.4) is 0 Å². The number of para-hydroxylation sites is 4. The van der Waals surface area contributed by atoms with E-state index >= 15 is 0 Å². The molecule has 4 aromatic rings. The van der Waals surface area contributed by atoms with Gasteiger partial charge in [0.25, 0.3) is 0 Å². The number of epoxide rings is 4. The van der Waals surface area contributed by atoms with Crippen LogP contribution in [0.1, 0.15) is 48.4 Å². The van der Waals surface area contributed by atoms with Crippen LogP contribution >= 0.6 is 0 Å². The topological polar surface area (TPSA) is 87.0 Å². The molecule has 0 aliphatic carbocycles. The van der Waals surface area contributed by atoms with E-state index in [1.54, 1.807) is 0 Å². The molecule has 0 spiro atoms. The summed E-state index contributed by atoms with van der Waals surface area (Å²) in [6, 6.07) is 33.4. The minimum Gasteiger partial charge on any atom is -0.490 e. The largest absolute Gasteiger partial charge is 0.490 e. The molecule has 4 aromatic carbocycles. The molecule has 8 heteroatoms. The highest BCUT2D eigenvalue weighted by molar-refractivity contribution is 5.63. The van der Waals surface area contributed by atoms with Crippen LogP contribution < -0.4 is 18.9 Å². The maximum atomic E-state index is 6.71. The minimum absolute atomic E-state index is 0.0717. The average molecular weight is 745 g/mol. The molecular weight excluding hydrogens is 693 g/mol. The van der Waals surface area contributed by atoms with E-state index in [0.717, 1.165) is 64.5 Å². The maximum absolute atomic E-state index is 6.71. The van der Waals surface area contributed by atoms with Gasteiger partial charge in [-0.1, -0.05) is 105 Å². The van der Waals surface area contributed by atoms with E-state index in [-0.39, 0.29) is 30.3 Å². The molecule has 4 aliphatic heterocycles. The molecule has 8 rings (SSSR count). The molecule has 0 bridgehead atoms. The van der Waals surface area contributed by atoms with Crippen molar-refractivity contribution in [3.05, 3.63) is 145 Å². The van der Waals surface area contributed by atoms with Gasteiger partial charge in [0, 0.05) is 33.1 Å². The third kappa shape index (κ3) is 8.05. The van der Waals surface area contributed by atoms with Crippen molar-refractivity contribution in [1.82, 2.24) is 0 Å². The van der Waals surface area contributed by atoms with Gasteiger partial charge in [0.15, 0.2) is 0 Å². The first-order valence-electron chi connectivity index (χ1n) is 19.7. The summed E-state index contributed by atoms with van der Waals surface area (Å²) >= 11 is 0. The second kappa shape index (κ2) is 16.6. The Kier molecular flexibility index (Phi) is 11.3. The van der Waals surface area contributed by atoms with Gasteiger partial charge in [-0.05, 0) is 36.6 Å². The molecule has 8 nitrogen and oxygen atoms in total. The third-order valence-electron chi connectivity index (χ3n) is 11.2. The molecule has 0 saturated carbocycles. The predicted octanol–water partition coefficient (Wildman–Crippen LogP) is 8.25. The Morgan fingerprint density at radius 1 is 0.527 bits per heavy atom. The highest BCUT2D eigenvalue weighted by atomic mass is 16.6. The van der Waals surface area contributed by atoms with Gasteiger partial charge in [-0.3, -0.25) is 0 Å². The fourth-order valence-corrected chi connectivity index (χ4v) is 8.11. The minimum atomic E-state index is -0.926. The first-order chi connectivity index (χ1) is 27.1. The van der Waals surface area contributed by atoms with Gasteiger partial charge < -0.3 is 37.9 Å². The van der Waals surface area contributed by atoms with Crippen LogP contribution in [0.25, 0.3) is 0 Å². The van der Waals surface area contributed by atoms with Crippen LogP contribution in [-0.2, 0) is 29.8 Å². The fourth-order valence-electron chi connectivity index (χ4n) is 8.11. The highest BCUT2D eigenvalue weighted by Crippen LogP contribution is 2.60. The summed E-state index contributed by atoms with van der Waals surface area (Å²) in [5.41, 5.74) is 2.06. The molecule has 4 heterocycles. The lowest BCUT2D eigenvalue weighted by Gasteiger charge is -2.51. The first-order valence-corrected chi connectivity index (χ1v) is 19.7. The van der Waals surface area contributed by atoms with E-state index in [9.17, 15) is 0 Å². The molecule has 55 heavy (non-hydrogen) atoms. The Balaban J connectivity index is 1.42. The number of benzene rings is 4. The lowest BCUT2D eigenvalue weighted by molar-refractivity contribution is 0.212. The van der Waals surface area contributed by atoms with Gasteiger partial charge in [0.2, 0.25) is 0 Å². The molecule has 0 amide bonds. The molecule has 4 fully saturated rings. The zero-order valence-corrected chi connectivity index (χ0v) is 31.7. The molecular formula is C47H52O8. The Morgan fingerprint density at radius 3 is 1.04 bits per heavy atom. The van der Waals surface area contributed by atoms with Crippen molar-refractivity contribution >= 4 is 0 Å². The van der Waals surface area contributed by atoms with Crippen LogP contribution in [0.15, 0.2) is 122 Å². The number of ether oxygens (including phenoxy) is 8. The van der Waals surface area contributed by atoms with Crippen molar-refractivity contribution in [2.75, 3.05) is 52.9 Å². The van der Waals surface area contributed by atoms with Crippen LogP contribution in [0.5, 0.6) is 23.0 Å². The molecule has 0 aromatic heterocycles. The normalized spacial score (nSPS) is 23.3. The molecule has 4 saturated heterocycles. The van der Waals surface area contributed by atoms with Crippen LogP contribution in [0, 0.1) is 5.92 Å². The Labute approximate surface area is 325 Å². The van der Waals surface area contributed by atoms with Crippen molar-refractivity contribution < 1.29 is 37.9 Å². The second-order valence-corrected chi connectivity index (χ2v) is 14.9. The first kappa shape index (κ1) is 37.3. The van der Waals surface area contributed by atoms with Crippen LogP contribution in [0.2, 0.25) is 0 Å². The summed E-state index contributed by atoms with van der Waals surface area (Å²) < 4.78 is 49.3. The third-order valence-corrected chi connectivity index (χ3v) is 11.2. The van der Waals surface area contributed by atoms with Crippen molar-refractivity contribution in [2.24, 2.45) is 5.92 Å². The van der Waals surface area contributed by atoms with Crippen molar-refractivity contribution in [2.45, 2.75) is 61.4 Å². The standard InChI is InChI=1S/C47H52O8/c1-4-7-24-45(46(5-2,37-16-8-12-20-41(37)52-29-33-25-48-33)38-17-9-13-21-42(38)53-30-34-26-49-34)47(6-3,39-18-10-14-22-43(39)54-31-35-27-50-35)40-19-11-15-23-44(40)55-32-36-28-51-36/h5-6,8-23,33-36,45H,2-4,7,24-32H2,1H3. The smallest absolute Gasteiger partial charge is 0.123 e. The molecule has 0 radical (unpaired) electrons. The highest BCUT2D eigenvalue weighted by Gasteiger charge is 2.55. The zero-order chi connectivity index (χ0) is 37.7. The summed E-state index contributed by atoms with van der Waals surface area (Å²) in [5.74, 6) is 2.79. The predicted molar refractivity (Wildman–Crippen MR) is 212 cm³/mol. The number of allylic oxidation sites excluding steroid dienone is 2. The van der Waals surface area contributed by atoms with Crippen molar-refractivity contribution in [3.63, 3.8) is 0 Å². The van der Waals surface area contributed by atoms with Gasteiger partial charge >= 0.3 is 0 Å². The van der Waals surface area contributed by atoms with Crippen molar-refractivity contribution in [1.29, 1.82) is 0 Å². The Hall–Kier alpha value is -4.60. The van der Waals surface area contributed by atoms with E-state index in [2.05, 4.69) is 91.9 Å². The molecule has 4 atom stereocenters. The molecule has 4 unspecified atom stereocenters. The lowest BCUT2D eigenvalue weighted by atomic mass is 9.51. The van der Waals surface area contributed by atoms with E-state index in [0.29, 0.717) is 52.9 Å². The van der Waals surface area contributed by atoms with E-state index in [4.69, 9.17) is 51.1 Å². The molecule has 0 N–H and O–H groups in total. The van der Waals surface area contributed by atoms with Crippen LogP contribution in [0.4, 0.5) is 0 Å². The monoisotopic (exact) mass is 744 g/mol. The van der Waals surface area contributed by atoms with Crippen molar-refractivity contribution in [3.8, 4) is 23.0 Å². The SMILES string of the molecule is C=CC(c1ccccc1OCC1CO1)(c1ccccc1OCC1CO1)C(CCCC)C(C=C)(c1ccccc1OCC1CO1)c1ccccc1OCC1CO1. The van der Waals surface area contributed by atoms with Crippen LogP contribution in [-0.4, -0.2) is 77.3 Å². The summed E-state index contributed by atoms with van der Waals surface area (Å²) in [5, 5.41) is 0. The van der Waals surface area contributed by atoms with Gasteiger partial charge in [-0.25, -0.2) is 0 Å². The quantitative estimate of drug-likeness (QED) is 0.0555. The van der Waals surface area contributed by atoms with Gasteiger partial charge in [-0.15, -0.1) is 13.2 Å². The number of unbranched alkanes of at least 4 members (excludes halogenated alkanes) is 1. The Bertz CT molecular complexity index is 1670. The van der Waals surface area contributed by atoms with Gasteiger partial charge in [0.1, 0.15) is 73.8 Å². The molecule has 288 valence electrons.